The Morgan fingerprint density at radius 2 is 2.11 bits per heavy atom. The van der Waals surface area contributed by atoms with Gasteiger partial charge in [0.2, 0.25) is 10.9 Å². The van der Waals surface area contributed by atoms with Gasteiger partial charge in [-0.25, -0.2) is 9.78 Å². The van der Waals surface area contributed by atoms with Crippen LogP contribution in [0.15, 0.2) is 18.5 Å². The molecule has 28 heavy (non-hydrogen) atoms. The number of esters is 1. The maximum atomic E-state index is 13.1. The molecule has 1 aliphatic heterocycles. The molecular formula is C16H18F3N5O3S. The first-order chi connectivity index (χ1) is 13.2. The highest BCUT2D eigenvalue weighted by atomic mass is 32.1. The lowest BCUT2D eigenvalue weighted by Gasteiger charge is -2.40. The topological polar surface area (TPSA) is 80.6 Å². The van der Waals surface area contributed by atoms with E-state index in [9.17, 15) is 22.8 Å². The molecular weight excluding hydrogens is 399 g/mol. The van der Waals surface area contributed by atoms with Gasteiger partial charge in [0.15, 0.2) is 5.69 Å². The molecule has 0 spiro atoms. The van der Waals surface area contributed by atoms with Crippen molar-refractivity contribution in [2.45, 2.75) is 25.7 Å². The number of methoxy groups -OCH3 is 1. The molecule has 0 aromatic carbocycles. The number of piperazine rings is 1. The van der Waals surface area contributed by atoms with Gasteiger partial charge in [-0.15, -0.1) is 0 Å². The second-order valence-electron chi connectivity index (χ2n) is 6.25. The first-order valence-corrected chi connectivity index (χ1v) is 9.20. The second kappa shape index (κ2) is 7.78. The third-order valence-corrected chi connectivity index (χ3v) is 5.48. The molecule has 8 nitrogen and oxygen atoms in total. The lowest BCUT2D eigenvalue weighted by molar-refractivity contribution is -0.137. The maximum absolute atomic E-state index is 13.1. The number of alkyl halides is 3. The van der Waals surface area contributed by atoms with Gasteiger partial charge < -0.3 is 14.5 Å². The number of carbonyl (C=O) groups excluding carboxylic acids is 2. The minimum Gasteiger partial charge on any atom is -0.464 e. The zero-order valence-corrected chi connectivity index (χ0v) is 16.0. The Balaban J connectivity index is 1.77. The van der Waals surface area contributed by atoms with Gasteiger partial charge in [-0.2, -0.15) is 18.3 Å². The predicted molar refractivity (Wildman–Crippen MR) is 94.1 cm³/mol. The number of hydrogen-bond donors (Lipinski definition) is 0. The fourth-order valence-electron chi connectivity index (χ4n) is 3.01. The van der Waals surface area contributed by atoms with Crippen LogP contribution >= 0.6 is 11.3 Å². The lowest BCUT2D eigenvalue weighted by Crippen LogP contribution is -2.54. The van der Waals surface area contributed by atoms with Crippen molar-refractivity contribution in [1.82, 2.24) is 19.7 Å². The molecule has 0 N–H and O–H groups in total. The summed E-state index contributed by atoms with van der Waals surface area (Å²) in [5, 5.41) is 3.00. The Bertz CT molecular complexity index is 852. The van der Waals surface area contributed by atoms with E-state index in [1.165, 1.54) is 4.68 Å². The molecule has 1 atom stereocenters. The van der Waals surface area contributed by atoms with Crippen molar-refractivity contribution in [3.63, 3.8) is 0 Å². The van der Waals surface area contributed by atoms with E-state index in [-0.39, 0.29) is 42.3 Å². The van der Waals surface area contributed by atoms with Crippen molar-refractivity contribution in [3.05, 3.63) is 29.2 Å². The summed E-state index contributed by atoms with van der Waals surface area (Å²) in [6.07, 6.45) is -1.40. The van der Waals surface area contributed by atoms with E-state index in [4.69, 9.17) is 0 Å². The van der Waals surface area contributed by atoms with Crippen molar-refractivity contribution in [2.75, 3.05) is 31.6 Å². The molecule has 0 saturated carbocycles. The van der Waals surface area contributed by atoms with Gasteiger partial charge in [0.1, 0.15) is 11.5 Å². The van der Waals surface area contributed by atoms with Crippen molar-refractivity contribution in [1.29, 1.82) is 0 Å². The largest absolute Gasteiger partial charge is 0.464 e. The van der Waals surface area contributed by atoms with Gasteiger partial charge in [0.05, 0.1) is 7.11 Å². The van der Waals surface area contributed by atoms with Crippen LogP contribution in [0.4, 0.5) is 18.2 Å². The van der Waals surface area contributed by atoms with Crippen molar-refractivity contribution in [2.24, 2.45) is 0 Å². The zero-order valence-electron chi connectivity index (χ0n) is 15.1. The Kier molecular flexibility index (Phi) is 5.59. The molecule has 1 aliphatic rings. The number of carbonyl (C=O) groups is 2. The van der Waals surface area contributed by atoms with Gasteiger partial charge in [0, 0.05) is 38.1 Å². The van der Waals surface area contributed by atoms with Crippen molar-refractivity contribution >= 4 is 28.2 Å². The molecule has 3 rings (SSSR count). The third-order valence-electron chi connectivity index (χ3n) is 4.32. The van der Waals surface area contributed by atoms with Crippen LogP contribution in [-0.2, 0) is 22.3 Å². The predicted octanol–water partition coefficient (Wildman–Crippen LogP) is 1.88. The quantitative estimate of drug-likeness (QED) is 0.707. The van der Waals surface area contributed by atoms with Crippen LogP contribution in [0, 0.1) is 0 Å². The molecule has 1 saturated heterocycles. The van der Waals surface area contributed by atoms with Crippen molar-refractivity contribution in [3.8, 4) is 0 Å². The summed E-state index contributed by atoms with van der Waals surface area (Å²) in [7, 11) is 1.09. The van der Waals surface area contributed by atoms with Crippen LogP contribution in [0.3, 0.4) is 0 Å². The van der Waals surface area contributed by atoms with E-state index >= 15 is 0 Å². The number of anilines is 1. The number of thiazole rings is 1. The number of rotatable bonds is 4. The number of aromatic nitrogens is 3. The smallest absolute Gasteiger partial charge is 0.443 e. The summed E-state index contributed by atoms with van der Waals surface area (Å²) in [5.74, 6) is -1.06. The first-order valence-electron chi connectivity index (χ1n) is 8.39. The number of ether oxygens (including phenoxy) is 1. The molecule has 0 bridgehead atoms. The highest BCUT2D eigenvalue weighted by Gasteiger charge is 2.39. The Labute approximate surface area is 162 Å². The summed E-state index contributed by atoms with van der Waals surface area (Å²) < 4.78 is 45.3. The van der Waals surface area contributed by atoms with E-state index in [2.05, 4.69) is 14.8 Å². The van der Waals surface area contributed by atoms with Crippen LogP contribution in [0.1, 0.15) is 22.4 Å². The van der Waals surface area contributed by atoms with E-state index in [1.807, 2.05) is 0 Å². The minimum atomic E-state index is -4.65. The summed E-state index contributed by atoms with van der Waals surface area (Å²) in [4.78, 5) is 31.1. The van der Waals surface area contributed by atoms with Crippen LogP contribution in [0.2, 0.25) is 0 Å². The number of halogens is 3. The minimum absolute atomic E-state index is 0.0868. The number of amides is 1. The fourth-order valence-corrected chi connectivity index (χ4v) is 3.97. The van der Waals surface area contributed by atoms with Gasteiger partial charge in [0.25, 0.3) is 0 Å². The summed E-state index contributed by atoms with van der Waals surface area (Å²) in [6.45, 7) is 2.74. The SMILES string of the molecule is COC(=O)c1nc(C(F)(F)F)sc1N1CCN(C(=O)Cn2cccn2)[C@H](C)C1. The monoisotopic (exact) mass is 417 g/mol. The zero-order chi connectivity index (χ0) is 20.5. The molecule has 0 aliphatic carbocycles. The molecule has 3 heterocycles. The van der Waals surface area contributed by atoms with Gasteiger partial charge in [-0.05, 0) is 13.0 Å². The second-order valence-corrected chi connectivity index (χ2v) is 7.23. The molecule has 152 valence electrons. The molecule has 12 heteroatoms. The molecule has 1 fully saturated rings. The fraction of sp³-hybridized carbons (Fsp3) is 0.500. The van der Waals surface area contributed by atoms with Crippen LogP contribution in [-0.4, -0.2) is 64.3 Å². The highest BCUT2D eigenvalue weighted by molar-refractivity contribution is 7.16. The normalized spacial score (nSPS) is 17.7. The van der Waals surface area contributed by atoms with Crippen LogP contribution in [0.5, 0.6) is 0 Å². The van der Waals surface area contributed by atoms with Crippen molar-refractivity contribution < 1.29 is 27.5 Å². The summed E-state index contributed by atoms with van der Waals surface area (Å²) in [6, 6.07) is 1.45. The van der Waals surface area contributed by atoms with Gasteiger partial charge in [-0.3, -0.25) is 9.48 Å². The Morgan fingerprint density at radius 3 is 2.68 bits per heavy atom. The number of nitrogens with zero attached hydrogens (tertiary/aromatic N) is 5. The van der Waals surface area contributed by atoms with E-state index in [1.54, 1.807) is 35.2 Å². The Morgan fingerprint density at radius 1 is 1.36 bits per heavy atom. The van der Waals surface area contributed by atoms with E-state index in [0.717, 1.165) is 7.11 Å². The van der Waals surface area contributed by atoms with Crippen LogP contribution < -0.4 is 4.90 Å². The Hall–Kier alpha value is -2.63. The van der Waals surface area contributed by atoms with E-state index in [0.29, 0.717) is 17.9 Å². The standard InChI is InChI=1S/C16H18F3N5O3S/c1-10-8-22(6-7-24(10)11(25)9-23-5-3-4-20-23)13-12(14(26)27-2)21-15(28-13)16(17,18)19/h3-5,10H,6-9H2,1-2H3/t10-/m1/s1. The summed E-state index contributed by atoms with van der Waals surface area (Å²) >= 11 is 0.404. The third kappa shape index (κ3) is 4.11. The molecule has 1 amide bonds. The molecule has 0 unspecified atom stereocenters. The average Bonchev–Trinajstić information content (AvgIpc) is 3.30. The maximum Gasteiger partial charge on any atom is 0.443 e. The molecule has 0 radical (unpaired) electrons. The van der Waals surface area contributed by atoms with Crippen LogP contribution in [0.25, 0.3) is 0 Å². The average molecular weight is 417 g/mol. The first kappa shape index (κ1) is 20.1. The highest BCUT2D eigenvalue weighted by Crippen LogP contribution is 2.39. The van der Waals surface area contributed by atoms with Gasteiger partial charge in [-0.1, -0.05) is 11.3 Å². The molecule has 2 aromatic rings. The summed E-state index contributed by atoms with van der Waals surface area (Å²) in [5.41, 5.74) is -0.358. The lowest BCUT2D eigenvalue weighted by atomic mass is 10.2. The van der Waals surface area contributed by atoms with Gasteiger partial charge >= 0.3 is 12.1 Å². The molecule has 2 aromatic heterocycles. The van der Waals surface area contributed by atoms with E-state index < -0.39 is 17.2 Å². The number of hydrogen-bond acceptors (Lipinski definition) is 7.